The van der Waals surface area contributed by atoms with Gasteiger partial charge >= 0.3 is 5.97 Å². The summed E-state index contributed by atoms with van der Waals surface area (Å²) in [4.78, 5) is 63.3. The number of aromatic nitrogens is 5. The highest BCUT2D eigenvalue weighted by molar-refractivity contribution is 8.00. The number of nitrogens with two attached hydrogens (primary N) is 1. The molecule has 19 nitrogen and oxygen atoms in total. The van der Waals surface area contributed by atoms with Crippen LogP contribution in [-0.4, -0.2) is 134 Å². The van der Waals surface area contributed by atoms with E-state index in [9.17, 15) is 34.5 Å². The minimum Gasteiger partial charge on any atom is -0.504 e. The number of aromatic amines is 1. The molecule has 2 bridgehead atoms. The number of oxime groups is 1. The first-order valence-corrected chi connectivity index (χ1v) is 19.6. The van der Waals surface area contributed by atoms with Crippen LogP contribution < -0.4 is 16.4 Å². The second kappa shape index (κ2) is 14.4. The summed E-state index contributed by atoms with van der Waals surface area (Å²) in [5.41, 5.74) is 4.94. The van der Waals surface area contributed by atoms with Crippen LogP contribution in [0.2, 0.25) is 9.36 Å². The molecular weight excluding hydrogens is 801 g/mol. The predicted molar refractivity (Wildman–Crippen MR) is 200 cm³/mol. The van der Waals surface area contributed by atoms with Crippen molar-refractivity contribution in [3.8, 4) is 11.5 Å². The number of hydrogen-bond acceptors (Lipinski definition) is 15. The summed E-state index contributed by atoms with van der Waals surface area (Å²) in [5, 5.41) is 52.6. The van der Waals surface area contributed by atoms with Gasteiger partial charge in [-0.05, 0) is 36.4 Å². The third-order valence-corrected chi connectivity index (χ3v) is 13.5. The Morgan fingerprint density at radius 3 is 2.51 bits per heavy atom. The number of benzene rings is 1. The van der Waals surface area contributed by atoms with Gasteiger partial charge in [-0.25, -0.2) is 14.9 Å². The fourth-order valence-corrected chi connectivity index (χ4v) is 10.2. The van der Waals surface area contributed by atoms with Gasteiger partial charge in [0, 0.05) is 43.1 Å². The molecule has 6 atom stereocenters. The Balaban J connectivity index is 1.09. The van der Waals surface area contributed by atoms with Crippen LogP contribution in [0.1, 0.15) is 61.4 Å². The Labute approximate surface area is 330 Å². The molecule has 1 unspecified atom stereocenters. The summed E-state index contributed by atoms with van der Waals surface area (Å²) in [6.07, 6.45) is 3.23. The molecule has 292 valence electrons. The van der Waals surface area contributed by atoms with E-state index in [1.54, 1.807) is 4.90 Å². The number of nitrogens with zero attached hydrogens (tertiary/aromatic N) is 7. The van der Waals surface area contributed by atoms with Crippen molar-refractivity contribution in [1.82, 2.24) is 41.1 Å². The van der Waals surface area contributed by atoms with Crippen molar-refractivity contribution >= 4 is 86.5 Å². The number of nitrogens with one attached hydrogen (secondary N) is 3. The number of amides is 3. The molecule has 0 aliphatic carbocycles. The Morgan fingerprint density at radius 1 is 1.18 bits per heavy atom. The first-order chi connectivity index (χ1) is 26.0. The number of likely N-dealkylation sites (N-methyl/N-ethyl adjacent to an activating group) is 1. The molecule has 2 aromatic heterocycles. The number of H-pyrrole nitrogens is 1. The number of phenols is 2. The number of anilines is 1. The Bertz CT molecular complexity index is 2130. The summed E-state index contributed by atoms with van der Waals surface area (Å²) in [6, 6.07) is 1.78. The number of carboxylic acid groups (broad SMARTS) is 1. The molecule has 0 saturated carbocycles. The molecule has 8 N–H and O–H groups in total. The number of thioether (sulfide) groups is 1. The number of aromatic hydroxyl groups is 2. The van der Waals surface area contributed by atoms with Crippen molar-refractivity contribution in [3.05, 3.63) is 44.1 Å². The number of β-lactam (4-membered cyclic amide) rings is 1. The molecule has 4 aliphatic heterocycles. The zero-order valence-corrected chi connectivity index (χ0v) is 32.6. The van der Waals surface area contributed by atoms with Crippen molar-refractivity contribution in [1.29, 1.82) is 0 Å². The van der Waals surface area contributed by atoms with E-state index < -0.39 is 57.9 Å². The summed E-state index contributed by atoms with van der Waals surface area (Å²) < 4.78 is 0.689. The number of thiazole rings is 1. The van der Waals surface area contributed by atoms with Gasteiger partial charge in [0.05, 0.1) is 35.4 Å². The first-order valence-electron chi connectivity index (χ1n) is 17.0. The Morgan fingerprint density at radius 2 is 1.89 bits per heavy atom. The number of phenolic OH excluding ortho intramolecular Hbond substituents is 2. The van der Waals surface area contributed by atoms with Crippen LogP contribution in [0, 0.1) is 0 Å². The number of carboxylic acids is 1. The van der Waals surface area contributed by atoms with E-state index in [2.05, 4.69) is 48.4 Å². The fourth-order valence-electron chi connectivity index (χ4n) is 7.68. The second-order valence-corrected chi connectivity index (χ2v) is 17.5. The van der Waals surface area contributed by atoms with Crippen molar-refractivity contribution in [2.75, 3.05) is 25.1 Å². The SMILES string of the molecule is CC(C)(O/N=C(\C(=O)N[C@@H]1C(=O)N2C(c3nnn[nH]3)=C(C[N+]3(C)[C@@H]4CC[C@H]3C[C@@H](NC(=O)c3ccc(O)c(O)c3Cl)C4)CS[C@H]12)c1nc(N)sc1Cl)C(=O)O. The Hall–Kier alpha value is -4.70. The minimum absolute atomic E-state index is 0.0171. The van der Waals surface area contributed by atoms with Crippen LogP contribution >= 0.6 is 46.3 Å². The normalized spacial score (nSPS) is 26.3. The molecule has 3 amide bonds. The zero-order chi connectivity index (χ0) is 39.6. The van der Waals surface area contributed by atoms with Gasteiger partial charge < -0.3 is 41.0 Å². The van der Waals surface area contributed by atoms with Gasteiger partial charge in [0.15, 0.2) is 28.2 Å². The summed E-state index contributed by atoms with van der Waals surface area (Å²) >= 11 is 14.8. The monoisotopic (exact) mass is 836 g/mol. The maximum atomic E-state index is 13.9. The first kappa shape index (κ1) is 38.6. The van der Waals surface area contributed by atoms with Crippen LogP contribution in [0.15, 0.2) is 22.9 Å². The molecular formula is C32H36Cl2N11O8S2+. The molecule has 6 heterocycles. The summed E-state index contributed by atoms with van der Waals surface area (Å²) in [5.74, 6) is -3.27. The number of halogens is 2. The van der Waals surface area contributed by atoms with Crippen molar-refractivity contribution in [2.45, 2.75) is 74.7 Å². The highest BCUT2D eigenvalue weighted by Gasteiger charge is 2.57. The van der Waals surface area contributed by atoms with Crippen LogP contribution in [0.4, 0.5) is 5.13 Å². The molecule has 7 rings (SSSR count). The smallest absolute Gasteiger partial charge is 0.350 e. The lowest BCUT2D eigenvalue weighted by Crippen LogP contribution is -2.70. The highest BCUT2D eigenvalue weighted by Crippen LogP contribution is 2.47. The number of piperidine rings is 1. The Kier molecular flexibility index (Phi) is 10.1. The molecule has 3 fully saturated rings. The average Bonchev–Trinajstić information content (AvgIpc) is 3.81. The van der Waals surface area contributed by atoms with E-state index in [0.29, 0.717) is 41.1 Å². The molecule has 0 spiro atoms. The topological polar surface area (TPSA) is 271 Å². The number of rotatable bonds is 11. The van der Waals surface area contributed by atoms with Crippen LogP contribution in [0.5, 0.6) is 11.5 Å². The van der Waals surface area contributed by atoms with Gasteiger partial charge in [-0.1, -0.05) is 39.7 Å². The van der Waals surface area contributed by atoms with Crippen LogP contribution in [0.3, 0.4) is 0 Å². The number of carbonyl (C=O) groups excluding carboxylic acids is 3. The summed E-state index contributed by atoms with van der Waals surface area (Å²) in [7, 11) is 2.18. The van der Waals surface area contributed by atoms with Gasteiger partial charge in [0.25, 0.3) is 17.7 Å². The van der Waals surface area contributed by atoms with Crippen LogP contribution in [0.25, 0.3) is 5.70 Å². The number of quaternary nitrogens is 1. The number of tetrazole rings is 1. The molecule has 1 aromatic carbocycles. The van der Waals surface area contributed by atoms with Crippen molar-refractivity contribution in [2.24, 2.45) is 5.16 Å². The van der Waals surface area contributed by atoms with E-state index in [1.165, 1.54) is 37.7 Å². The number of aliphatic carboxylic acids is 1. The maximum absolute atomic E-state index is 13.9. The van der Waals surface area contributed by atoms with E-state index >= 15 is 0 Å². The minimum atomic E-state index is -1.81. The van der Waals surface area contributed by atoms with Crippen LogP contribution in [-0.2, 0) is 19.2 Å². The number of fused-ring (bicyclic) bond motifs is 3. The largest absolute Gasteiger partial charge is 0.504 e. The zero-order valence-electron chi connectivity index (χ0n) is 29.4. The fraction of sp³-hybridized carbons (Fsp3) is 0.469. The number of nitrogen functional groups attached to an aromatic ring is 1. The number of hydrogen-bond donors (Lipinski definition) is 7. The quantitative estimate of drug-likeness (QED) is 0.0478. The predicted octanol–water partition coefficient (Wildman–Crippen LogP) is 1.92. The molecule has 3 aromatic rings. The van der Waals surface area contributed by atoms with Gasteiger partial charge in [0.2, 0.25) is 5.60 Å². The van der Waals surface area contributed by atoms with Gasteiger partial charge in [0.1, 0.15) is 28.0 Å². The maximum Gasteiger partial charge on any atom is 0.350 e. The van der Waals surface area contributed by atoms with Gasteiger partial charge in [-0.15, -0.1) is 16.9 Å². The third-order valence-electron chi connectivity index (χ3n) is 10.6. The molecule has 23 heteroatoms. The third kappa shape index (κ3) is 6.91. The molecule has 0 radical (unpaired) electrons. The second-order valence-electron chi connectivity index (χ2n) is 14.4. The average molecular weight is 838 g/mol. The van der Waals surface area contributed by atoms with Crippen molar-refractivity contribution in [3.63, 3.8) is 0 Å². The molecule has 55 heavy (non-hydrogen) atoms. The standard InChI is InChI=1S/C32H35Cl2N11O8S2/c1-32(2,30(51)52)53-41-20(19-24(34)55-31(35)38-19)27(49)37-21-28(50)44-22(25-39-42-43-40-25)12(11-54-29(21)44)10-45(3)14-4-5-15(45)9-13(8-14)36-26(48)16-6-7-17(46)23(47)18(16)33/h6-7,13-15,21,29H,4-5,8-11H2,1-3H3,(H7-,35,36,37,38,39,40,41,42,43,46,47,48,49,51,52)/p+1/t13-,14+,15-,21-,29-,45?/m1/s1. The molecule has 4 aliphatic rings. The molecule has 3 saturated heterocycles. The van der Waals surface area contributed by atoms with E-state index in [1.807, 2.05) is 0 Å². The van der Waals surface area contributed by atoms with E-state index in [-0.39, 0.29) is 43.9 Å². The van der Waals surface area contributed by atoms with Gasteiger partial charge in [-0.2, -0.15) is 0 Å². The van der Waals surface area contributed by atoms with Gasteiger partial charge in [-0.3, -0.25) is 19.3 Å². The lowest BCUT2D eigenvalue weighted by Gasteiger charge is -2.52. The number of carbonyl (C=O) groups is 4. The lowest BCUT2D eigenvalue weighted by molar-refractivity contribution is -0.944. The van der Waals surface area contributed by atoms with Crippen molar-refractivity contribution < 1.29 is 43.8 Å². The van der Waals surface area contributed by atoms with E-state index in [4.69, 9.17) is 33.8 Å². The van der Waals surface area contributed by atoms with E-state index in [0.717, 1.165) is 29.8 Å². The highest BCUT2D eigenvalue weighted by atomic mass is 35.5. The summed E-state index contributed by atoms with van der Waals surface area (Å²) in [6.45, 7) is 3.07. The lowest BCUT2D eigenvalue weighted by atomic mass is 9.92.